The van der Waals surface area contributed by atoms with Gasteiger partial charge in [0, 0.05) is 10.9 Å². The average molecular weight is 294 g/mol. The van der Waals surface area contributed by atoms with Crippen LogP contribution >= 0.6 is 15.9 Å². The third kappa shape index (κ3) is 1.73. The van der Waals surface area contributed by atoms with Crippen LogP contribution in [-0.4, -0.2) is 20.3 Å². The molecule has 0 bridgehead atoms. The largest absolute Gasteiger partial charge is 0.338 e. The van der Waals surface area contributed by atoms with Gasteiger partial charge in [-0.05, 0) is 34.1 Å². The molecule has 17 heavy (non-hydrogen) atoms. The summed E-state index contributed by atoms with van der Waals surface area (Å²) in [5.74, 6) is 0.951. The maximum atomic E-state index is 5.42. The summed E-state index contributed by atoms with van der Waals surface area (Å²) >= 11 is 3.39. The van der Waals surface area contributed by atoms with Crippen molar-refractivity contribution in [3.05, 3.63) is 28.7 Å². The fourth-order valence-corrected chi connectivity index (χ4v) is 1.98. The van der Waals surface area contributed by atoms with Crippen molar-refractivity contribution >= 4 is 26.8 Å². The van der Waals surface area contributed by atoms with Crippen LogP contribution in [0.4, 0.5) is 0 Å². The summed E-state index contributed by atoms with van der Waals surface area (Å²) in [6.45, 7) is 0.241. The van der Waals surface area contributed by atoms with E-state index >= 15 is 0 Å². The van der Waals surface area contributed by atoms with Gasteiger partial charge >= 0.3 is 0 Å². The van der Waals surface area contributed by atoms with Crippen LogP contribution in [0.15, 0.2) is 27.3 Å². The van der Waals surface area contributed by atoms with Crippen LogP contribution in [0.3, 0.4) is 0 Å². The quantitative estimate of drug-likeness (QED) is 0.752. The molecule has 86 valence electrons. The number of hydrogen-bond acceptors (Lipinski definition) is 5. The van der Waals surface area contributed by atoms with Crippen molar-refractivity contribution in [3.8, 4) is 11.4 Å². The van der Waals surface area contributed by atoms with E-state index in [1.54, 1.807) is 0 Å². The van der Waals surface area contributed by atoms with E-state index in [9.17, 15) is 0 Å². The van der Waals surface area contributed by atoms with Crippen LogP contribution in [0, 0.1) is 0 Å². The van der Waals surface area contributed by atoms with Gasteiger partial charge < -0.3 is 10.3 Å². The van der Waals surface area contributed by atoms with Crippen molar-refractivity contribution in [1.82, 2.24) is 20.3 Å². The highest BCUT2D eigenvalue weighted by Gasteiger charge is 2.10. The van der Waals surface area contributed by atoms with Crippen LogP contribution < -0.4 is 5.73 Å². The smallest absolute Gasteiger partial charge is 0.240 e. The molecule has 6 nitrogen and oxygen atoms in total. The monoisotopic (exact) mass is 293 g/mol. The number of hydrogen-bond donors (Lipinski definition) is 2. The lowest BCUT2D eigenvalue weighted by Crippen LogP contribution is -1.95. The van der Waals surface area contributed by atoms with E-state index in [2.05, 4.69) is 36.3 Å². The van der Waals surface area contributed by atoms with Crippen molar-refractivity contribution in [2.75, 3.05) is 0 Å². The number of halogens is 1. The molecule has 0 saturated carbocycles. The molecule has 0 amide bonds. The standard InChI is InChI=1S/C10H8BrN5O/c11-9-6-3-5(1-2-7(6)14-15-9)10-13-8(4-12)17-16-10/h1-3H,4,12H2,(H,14,15). The highest BCUT2D eigenvalue weighted by molar-refractivity contribution is 9.10. The summed E-state index contributed by atoms with van der Waals surface area (Å²) in [7, 11) is 0. The first-order chi connectivity index (χ1) is 8.28. The molecular weight excluding hydrogens is 286 g/mol. The summed E-state index contributed by atoms with van der Waals surface area (Å²) < 4.78 is 5.80. The van der Waals surface area contributed by atoms with E-state index in [1.165, 1.54) is 0 Å². The molecule has 0 saturated heterocycles. The molecule has 3 N–H and O–H groups in total. The van der Waals surface area contributed by atoms with Gasteiger partial charge in [-0.3, -0.25) is 5.10 Å². The van der Waals surface area contributed by atoms with E-state index in [0.29, 0.717) is 11.7 Å². The van der Waals surface area contributed by atoms with Gasteiger partial charge in [-0.15, -0.1) is 0 Å². The zero-order valence-corrected chi connectivity index (χ0v) is 10.2. The SMILES string of the molecule is NCc1nc(-c2ccc3n[nH]c(Br)c3c2)no1. The molecule has 0 aliphatic heterocycles. The zero-order chi connectivity index (χ0) is 11.8. The van der Waals surface area contributed by atoms with Crippen LogP contribution in [0.5, 0.6) is 0 Å². The molecule has 7 heteroatoms. The first-order valence-electron chi connectivity index (χ1n) is 4.94. The summed E-state index contributed by atoms with van der Waals surface area (Å²) in [5.41, 5.74) is 7.16. The van der Waals surface area contributed by atoms with Crippen molar-refractivity contribution in [1.29, 1.82) is 0 Å². The predicted octanol–water partition coefficient (Wildman–Crippen LogP) is 1.83. The second-order valence-corrected chi connectivity index (χ2v) is 4.28. The summed E-state index contributed by atoms with van der Waals surface area (Å²) in [6.07, 6.45) is 0. The summed E-state index contributed by atoms with van der Waals surface area (Å²) in [5, 5.41) is 11.8. The first-order valence-corrected chi connectivity index (χ1v) is 5.74. The molecule has 0 spiro atoms. The van der Waals surface area contributed by atoms with Crippen molar-refractivity contribution in [3.63, 3.8) is 0 Å². The minimum atomic E-state index is 0.241. The molecule has 0 radical (unpaired) electrons. The van der Waals surface area contributed by atoms with E-state index in [-0.39, 0.29) is 6.54 Å². The molecule has 0 unspecified atom stereocenters. The third-order valence-electron chi connectivity index (χ3n) is 2.41. The minimum Gasteiger partial charge on any atom is -0.338 e. The normalized spacial score (nSPS) is 11.2. The van der Waals surface area contributed by atoms with Gasteiger partial charge in [-0.1, -0.05) is 5.16 Å². The molecule has 0 fully saturated rings. The average Bonchev–Trinajstić information content (AvgIpc) is 2.96. The van der Waals surface area contributed by atoms with Gasteiger partial charge in [0.25, 0.3) is 0 Å². The number of fused-ring (bicyclic) bond motifs is 1. The number of nitrogens with two attached hydrogens (primary N) is 1. The van der Waals surface area contributed by atoms with E-state index in [1.807, 2.05) is 18.2 Å². The Labute approximate surface area is 104 Å². The molecule has 2 heterocycles. The Bertz CT molecular complexity index is 674. The number of benzene rings is 1. The molecular formula is C10H8BrN5O. The van der Waals surface area contributed by atoms with Gasteiger partial charge in [0.1, 0.15) is 4.60 Å². The summed E-state index contributed by atoms with van der Waals surface area (Å²) in [4.78, 5) is 4.17. The highest BCUT2D eigenvalue weighted by atomic mass is 79.9. The highest BCUT2D eigenvalue weighted by Crippen LogP contribution is 2.26. The number of rotatable bonds is 2. The van der Waals surface area contributed by atoms with Crippen LogP contribution in [-0.2, 0) is 6.54 Å². The molecule has 3 rings (SSSR count). The van der Waals surface area contributed by atoms with Gasteiger partial charge in [-0.25, -0.2) is 0 Å². The van der Waals surface area contributed by atoms with Gasteiger partial charge in [0.15, 0.2) is 0 Å². The lowest BCUT2D eigenvalue weighted by Gasteiger charge is -1.94. The predicted molar refractivity (Wildman–Crippen MR) is 65.0 cm³/mol. The molecule has 0 aliphatic carbocycles. The Balaban J connectivity index is 2.13. The Kier molecular flexibility index (Phi) is 2.41. The van der Waals surface area contributed by atoms with Gasteiger partial charge in [-0.2, -0.15) is 10.1 Å². The van der Waals surface area contributed by atoms with E-state index in [4.69, 9.17) is 10.3 Å². The Hall–Kier alpha value is -1.73. The van der Waals surface area contributed by atoms with Crippen molar-refractivity contribution in [2.45, 2.75) is 6.54 Å². The first kappa shape index (κ1) is 10.4. The Morgan fingerprint density at radius 1 is 1.41 bits per heavy atom. The molecule has 3 aromatic rings. The van der Waals surface area contributed by atoms with E-state index < -0.39 is 0 Å². The summed E-state index contributed by atoms with van der Waals surface area (Å²) in [6, 6.07) is 5.72. The van der Waals surface area contributed by atoms with Gasteiger partial charge in [0.05, 0.1) is 12.1 Å². The zero-order valence-electron chi connectivity index (χ0n) is 8.64. The van der Waals surface area contributed by atoms with Gasteiger partial charge in [0.2, 0.25) is 11.7 Å². The maximum absolute atomic E-state index is 5.42. The number of H-pyrrole nitrogens is 1. The number of nitrogens with zero attached hydrogens (tertiary/aromatic N) is 3. The maximum Gasteiger partial charge on any atom is 0.240 e. The molecule has 0 aliphatic rings. The lowest BCUT2D eigenvalue weighted by atomic mass is 10.1. The second kappa shape index (κ2) is 3.94. The minimum absolute atomic E-state index is 0.241. The fraction of sp³-hybridized carbons (Fsp3) is 0.100. The fourth-order valence-electron chi connectivity index (χ4n) is 1.57. The molecule has 1 aromatic carbocycles. The number of nitrogens with one attached hydrogen (secondary N) is 1. The van der Waals surface area contributed by atoms with Crippen LogP contribution in [0.1, 0.15) is 5.89 Å². The molecule has 0 atom stereocenters. The van der Waals surface area contributed by atoms with E-state index in [0.717, 1.165) is 21.1 Å². The van der Waals surface area contributed by atoms with Crippen molar-refractivity contribution in [2.24, 2.45) is 5.73 Å². The third-order valence-corrected chi connectivity index (χ3v) is 3.01. The topological polar surface area (TPSA) is 93.6 Å². The van der Waals surface area contributed by atoms with Crippen LogP contribution in [0.25, 0.3) is 22.3 Å². The second-order valence-electron chi connectivity index (χ2n) is 3.49. The Morgan fingerprint density at radius 3 is 3.06 bits per heavy atom. The van der Waals surface area contributed by atoms with Crippen molar-refractivity contribution < 1.29 is 4.52 Å². The number of aromatic amines is 1. The lowest BCUT2D eigenvalue weighted by molar-refractivity contribution is 0.380. The molecule has 2 aromatic heterocycles. The number of aromatic nitrogens is 4. The Morgan fingerprint density at radius 2 is 2.29 bits per heavy atom. The van der Waals surface area contributed by atoms with Crippen LogP contribution in [0.2, 0.25) is 0 Å².